The smallest absolute Gasteiger partial charge is 0.0189 e. The van der Waals surface area contributed by atoms with Gasteiger partial charge in [-0.3, -0.25) is 0 Å². The van der Waals surface area contributed by atoms with E-state index in [4.69, 9.17) is 0 Å². The molecule has 74 valence electrons. The molecular formula is C13H22. The van der Waals surface area contributed by atoms with Gasteiger partial charge in [-0.25, -0.2) is 0 Å². The van der Waals surface area contributed by atoms with Gasteiger partial charge in [0.15, 0.2) is 0 Å². The van der Waals surface area contributed by atoms with Crippen LogP contribution >= 0.6 is 0 Å². The van der Waals surface area contributed by atoms with Crippen LogP contribution in [0.3, 0.4) is 0 Å². The third-order valence-corrected chi connectivity index (χ3v) is 3.17. The molecule has 1 atom stereocenters. The van der Waals surface area contributed by atoms with Crippen LogP contribution in [0.2, 0.25) is 0 Å². The molecule has 0 heteroatoms. The SMILES string of the molecule is CCC1=C(C)C=C(C(C)C)CC1C. The molecule has 0 heterocycles. The van der Waals surface area contributed by atoms with Crippen molar-refractivity contribution in [2.24, 2.45) is 11.8 Å². The van der Waals surface area contributed by atoms with Crippen molar-refractivity contribution in [3.8, 4) is 0 Å². The Morgan fingerprint density at radius 1 is 1.46 bits per heavy atom. The fraction of sp³-hybridized carbons (Fsp3) is 0.692. The summed E-state index contributed by atoms with van der Waals surface area (Å²) in [6, 6.07) is 0. The average Bonchev–Trinajstić information content (AvgIpc) is 2.03. The van der Waals surface area contributed by atoms with Gasteiger partial charge in [0.2, 0.25) is 0 Å². The highest BCUT2D eigenvalue weighted by molar-refractivity contribution is 5.34. The zero-order valence-electron chi connectivity index (χ0n) is 9.65. The third kappa shape index (κ3) is 2.24. The summed E-state index contributed by atoms with van der Waals surface area (Å²) in [4.78, 5) is 0. The molecule has 0 N–H and O–H groups in total. The predicted molar refractivity (Wildman–Crippen MR) is 59.7 cm³/mol. The Bertz CT molecular complexity index is 241. The summed E-state index contributed by atoms with van der Waals surface area (Å²) in [7, 11) is 0. The Morgan fingerprint density at radius 3 is 2.46 bits per heavy atom. The second kappa shape index (κ2) is 4.13. The maximum atomic E-state index is 2.41. The quantitative estimate of drug-likeness (QED) is 0.590. The van der Waals surface area contributed by atoms with Gasteiger partial charge in [-0.2, -0.15) is 0 Å². The molecule has 13 heavy (non-hydrogen) atoms. The van der Waals surface area contributed by atoms with E-state index in [1.165, 1.54) is 18.4 Å². The van der Waals surface area contributed by atoms with Crippen molar-refractivity contribution in [2.75, 3.05) is 0 Å². The maximum absolute atomic E-state index is 2.41. The van der Waals surface area contributed by atoms with Gasteiger partial charge in [0.25, 0.3) is 0 Å². The molecule has 0 aromatic heterocycles. The number of hydrogen-bond acceptors (Lipinski definition) is 0. The number of allylic oxidation sites excluding steroid dienone is 4. The summed E-state index contributed by atoms with van der Waals surface area (Å²) in [6.45, 7) is 11.5. The Kier molecular flexibility index (Phi) is 3.35. The van der Waals surface area contributed by atoms with Gasteiger partial charge in [0.1, 0.15) is 0 Å². The molecule has 1 aliphatic rings. The van der Waals surface area contributed by atoms with E-state index in [-0.39, 0.29) is 0 Å². The molecule has 0 aromatic carbocycles. The number of hydrogen-bond donors (Lipinski definition) is 0. The third-order valence-electron chi connectivity index (χ3n) is 3.17. The highest BCUT2D eigenvalue weighted by Crippen LogP contribution is 2.33. The molecule has 0 aliphatic heterocycles. The minimum atomic E-state index is 0.718. The molecule has 1 rings (SSSR count). The van der Waals surface area contributed by atoms with Gasteiger partial charge in [-0.05, 0) is 31.6 Å². The van der Waals surface area contributed by atoms with Crippen LogP contribution in [0.1, 0.15) is 47.5 Å². The Labute approximate surface area is 82.7 Å². The molecule has 0 spiro atoms. The highest BCUT2D eigenvalue weighted by Gasteiger charge is 2.18. The Morgan fingerprint density at radius 2 is 2.08 bits per heavy atom. The second-order valence-electron chi connectivity index (χ2n) is 4.54. The maximum Gasteiger partial charge on any atom is -0.0189 e. The van der Waals surface area contributed by atoms with E-state index in [9.17, 15) is 0 Å². The largest absolute Gasteiger partial charge is 0.0668 e. The minimum Gasteiger partial charge on any atom is -0.0668 e. The highest BCUT2D eigenvalue weighted by atomic mass is 14.2. The average molecular weight is 178 g/mol. The van der Waals surface area contributed by atoms with Crippen molar-refractivity contribution in [2.45, 2.75) is 47.5 Å². The van der Waals surface area contributed by atoms with Crippen LogP contribution in [-0.4, -0.2) is 0 Å². The molecule has 0 aromatic rings. The molecule has 0 nitrogen and oxygen atoms in total. The molecule has 0 amide bonds. The van der Waals surface area contributed by atoms with E-state index in [2.05, 4.69) is 40.7 Å². The van der Waals surface area contributed by atoms with Crippen LogP contribution in [0.25, 0.3) is 0 Å². The lowest BCUT2D eigenvalue weighted by atomic mass is 9.80. The summed E-state index contributed by atoms with van der Waals surface area (Å²) >= 11 is 0. The van der Waals surface area contributed by atoms with E-state index in [1.54, 1.807) is 11.1 Å². The number of rotatable bonds is 2. The van der Waals surface area contributed by atoms with Gasteiger partial charge < -0.3 is 0 Å². The first-order valence-electron chi connectivity index (χ1n) is 5.46. The first kappa shape index (κ1) is 10.6. The molecule has 0 saturated heterocycles. The molecule has 0 fully saturated rings. The zero-order valence-corrected chi connectivity index (χ0v) is 9.65. The fourth-order valence-corrected chi connectivity index (χ4v) is 2.32. The Hall–Kier alpha value is -0.520. The summed E-state index contributed by atoms with van der Waals surface area (Å²) < 4.78 is 0. The van der Waals surface area contributed by atoms with Gasteiger partial charge in [-0.15, -0.1) is 0 Å². The van der Waals surface area contributed by atoms with Gasteiger partial charge >= 0.3 is 0 Å². The molecule has 1 aliphatic carbocycles. The summed E-state index contributed by atoms with van der Waals surface area (Å²) in [5.74, 6) is 1.49. The van der Waals surface area contributed by atoms with Crippen LogP contribution in [0.5, 0.6) is 0 Å². The lowest BCUT2D eigenvalue weighted by molar-refractivity contribution is 0.577. The van der Waals surface area contributed by atoms with Crippen molar-refractivity contribution in [1.82, 2.24) is 0 Å². The predicted octanol–water partition coefficient (Wildman–Crippen LogP) is 4.34. The van der Waals surface area contributed by atoms with Crippen LogP contribution in [0, 0.1) is 11.8 Å². The van der Waals surface area contributed by atoms with Crippen molar-refractivity contribution in [3.05, 3.63) is 22.8 Å². The molecule has 1 unspecified atom stereocenters. The van der Waals surface area contributed by atoms with E-state index in [0.29, 0.717) is 0 Å². The first-order valence-corrected chi connectivity index (χ1v) is 5.46. The van der Waals surface area contributed by atoms with Gasteiger partial charge in [0, 0.05) is 0 Å². The van der Waals surface area contributed by atoms with Crippen LogP contribution in [0.15, 0.2) is 22.8 Å². The second-order valence-corrected chi connectivity index (χ2v) is 4.54. The summed E-state index contributed by atoms with van der Waals surface area (Å²) in [5, 5.41) is 0. The normalized spacial score (nSPS) is 23.8. The van der Waals surface area contributed by atoms with E-state index < -0.39 is 0 Å². The Balaban J connectivity index is 2.93. The van der Waals surface area contributed by atoms with E-state index >= 15 is 0 Å². The first-order chi connectivity index (χ1) is 6.06. The lowest BCUT2D eigenvalue weighted by Gasteiger charge is -2.26. The van der Waals surface area contributed by atoms with Crippen molar-refractivity contribution in [3.63, 3.8) is 0 Å². The minimum absolute atomic E-state index is 0.718. The summed E-state index contributed by atoms with van der Waals surface area (Å²) in [6.07, 6.45) is 4.90. The topological polar surface area (TPSA) is 0 Å². The van der Waals surface area contributed by atoms with Crippen LogP contribution < -0.4 is 0 Å². The van der Waals surface area contributed by atoms with Crippen molar-refractivity contribution in [1.29, 1.82) is 0 Å². The standard InChI is InChI=1S/C13H22/c1-6-13-10(4)7-12(9(2)3)8-11(13)5/h7,9,11H,6,8H2,1-5H3. The molecule has 0 saturated carbocycles. The molecule has 0 radical (unpaired) electrons. The molecular weight excluding hydrogens is 156 g/mol. The monoisotopic (exact) mass is 178 g/mol. The van der Waals surface area contributed by atoms with Crippen molar-refractivity contribution >= 4 is 0 Å². The van der Waals surface area contributed by atoms with Gasteiger partial charge in [0.05, 0.1) is 0 Å². The molecule has 0 bridgehead atoms. The van der Waals surface area contributed by atoms with E-state index in [0.717, 1.165) is 11.8 Å². The lowest BCUT2D eigenvalue weighted by Crippen LogP contribution is -2.10. The van der Waals surface area contributed by atoms with Crippen molar-refractivity contribution < 1.29 is 0 Å². The zero-order chi connectivity index (χ0) is 10.0. The van der Waals surface area contributed by atoms with E-state index in [1.807, 2.05) is 0 Å². The van der Waals surface area contributed by atoms with Crippen LogP contribution in [-0.2, 0) is 0 Å². The fourth-order valence-electron chi connectivity index (χ4n) is 2.32. The van der Waals surface area contributed by atoms with Gasteiger partial charge in [-0.1, -0.05) is 50.5 Å². The summed E-state index contributed by atoms with van der Waals surface area (Å²) in [5.41, 5.74) is 4.80. The van der Waals surface area contributed by atoms with Crippen LogP contribution in [0.4, 0.5) is 0 Å².